The molecular formula is C36H30F3N3O. The van der Waals surface area contributed by atoms with E-state index in [1.807, 2.05) is 36.1 Å². The molecule has 3 aromatic carbocycles. The first-order chi connectivity index (χ1) is 20.7. The molecule has 0 spiro atoms. The molecule has 1 amide bonds. The zero-order valence-corrected chi connectivity index (χ0v) is 23.8. The van der Waals surface area contributed by atoms with Gasteiger partial charge < -0.3 is 5.32 Å². The number of hydrogen-bond donors (Lipinski definition) is 1. The van der Waals surface area contributed by atoms with Crippen molar-refractivity contribution in [1.82, 2.24) is 9.88 Å². The number of fused-ring (bicyclic) bond motifs is 1. The normalized spacial score (nSPS) is 13.8. The van der Waals surface area contributed by atoms with Gasteiger partial charge in [0, 0.05) is 59.6 Å². The number of amides is 1. The number of pyridine rings is 1. The smallest absolute Gasteiger partial charge is 0.322 e. The summed E-state index contributed by atoms with van der Waals surface area (Å²) in [5.41, 5.74) is 4.03. The molecule has 0 aliphatic carbocycles. The molecule has 4 nitrogen and oxygen atoms in total. The Hall–Kier alpha value is -4.93. The van der Waals surface area contributed by atoms with E-state index in [0.29, 0.717) is 30.6 Å². The molecule has 0 saturated heterocycles. The Morgan fingerprint density at radius 1 is 1.00 bits per heavy atom. The number of allylic oxidation sites excluding steroid dienone is 1. The number of carbonyl (C=O) groups excluding carboxylic acids is 1. The third kappa shape index (κ3) is 6.77. The highest BCUT2D eigenvalue weighted by Crippen LogP contribution is 2.35. The highest BCUT2D eigenvalue weighted by Gasteiger charge is 2.34. The van der Waals surface area contributed by atoms with Gasteiger partial charge in [0.25, 0.3) is 5.91 Å². The highest BCUT2D eigenvalue weighted by molar-refractivity contribution is 6.04. The number of halogens is 3. The standard InChI is InChI=1S/C36H30F3N3O/c1-4-25-16-17-42(22-26(25)5-2)23-31-14-15-32(19-34(31)36(37,38)39)41-35(43)28-11-10-24(3)27(18-28)12-13-30-21-40-20-29-8-6-7-9-33(29)30/h4-11,14-15,18-21H,1-2,16-17,22-23H2,3H3,(H,41,43). The predicted molar refractivity (Wildman–Crippen MR) is 166 cm³/mol. The molecular weight excluding hydrogens is 547 g/mol. The fourth-order valence-electron chi connectivity index (χ4n) is 5.17. The number of benzene rings is 3. The zero-order chi connectivity index (χ0) is 30.6. The molecule has 1 N–H and O–H groups in total. The van der Waals surface area contributed by atoms with Gasteiger partial charge in [-0.2, -0.15) is 13.2 Å². The van der Waals surface area contributed by atoms with Crippen LogP contribution in [-0.2, 0) is 12.7 Å². The lowest BCUT2D eigenvalue weighted by molar-refractivity contribution is -0.138. The maximum absolute atomic E-state index is 14.1. The number of aromatic nitrogens is 1. The molecule has 4 aromatic rings. The maximum Gasteiger partial charge on any atom is 0.416 e. The molecule has 0 unspecified atom stereocenters. The van der Waals surface area contributed by atoms with Crippen molar-refractivity contribution >= 4 is 22.4 Å². The van der Waals surface area contributed by atoms with Crippen molar-refractivity contribution in [3.8, 4) is 11.8 Å². The molecule has 5 rings (SSSR count). The summed E-state index contributed by atoms with van der Waals surface area (Å²) in [5.74, 6) is 5.76. The van der Waals surface area contributed by atoms with Crippen LogP contribution in [-0.4, -0.2) is 28.9 Å². The first-order valence-electron chi connectivity index (χ1n) is 13.8. The first kappa shape index (κ1) is 29.6. The minimum atomic E-state index is -4.58. The molecule has 216 valence electrons. The van der Waals surface area contributed by atoms with Gasteiger partial charge in [0.2, 0.25) is 0 Å². The number of anilines is 1. The van der Waals surface area contributed by atoms with E-state index in [1.165, 1.54) is 12.1 Å². The van der Waals surface area contributed by atoms with Gasteiger partial charge in [-0.3, -0.25) is 14.7 Å². The summed E-state index contributed by atoms with van der Waals surface area (Å²) in [6.45, 7) is 10.8. The van der Waals surface area contributed by atoms with Crippen molar-refractivity contribution in [2.24, 2.45) is 0 Å². The van der Waals surface area contributed by atoms with E-state index < -0.39 is 17.6 Å². The number of nitrogens with zero attached hydrogens (tertiary/aromatic N) is 2. The van der Waals surface area contributed by atoms with Crippen LogP contribution in [0.25, 0.3) is 10.8 Å². The second kappa shape index (κ2) is 12.5. The summed E-state index contributed by atoms with van der Waals surface area (Å²) in [7, 11) is 0. The quantitative estimate of drug-likeness (QED) is 0.236. The lowest BCUT2D eigenvalue weighted by Gasteiger charge is -2.30. The fraction of sp³-hybridized carbons (Fsp3) is 0.167. The van der Waals surface area contributed by atoms with Crippen molar-refractivity contribution in [1.29, 1.82) is 0 Å². The second-order valence-electron chi connectivity index (χ2n) is 10.4. The minimum absolute atomic E-state index is 0.0652. The number of hydrogen-bond acceptors (Lipinski definition) is 3. The third-order valence-corrected chi connectivity index (χ3v) is 7.56. The third-order valence-electron chi connectivity index (χ3n) is 7.56. The van der Waals surface area contributed by atoms with Crippen LogP contribution in [0, 0.1) is 18.8 Å². The van der Waals surface area contributed by atoms with E-state index in [-0.39, 0.29) is 17.8 Å². The van der Waals surface area contributed by atoms with E-state index in [2.05, 4.69) is 35.3 Å². The second-order valence-corrected chi connectivity index (χ2v) is 10.4. The van der Waals surface area contributed by atoms with Crippen molar-refractivity contribution in [3.63, 3.8) is 0 Å². The molecule has 0 radical (unpaired) electrons. The molecule has 0 atom stereocenters. The maximum atomic E-state index is 14.1. The average molecular weight is 578 g/mol. The Morgan fingerprint density at radius 3 is 2.53 bits per heavy atom. The number of aryl methyl sites for hydroxylation is 1. The Kier molecular flexibility index (Phi) is 8.61. The van der Waals surface area contributed by atoms with Crippen LogP contribution in [0.4, 0.5) is 18.9 Å². The Morgan fingerprint density at radius 2 is 1.77 bits per heavy atom. The van der Waals surface area contributed by atoms with Gasteiger partial charge in [-0.25, -0.2) is 0 Å². The largest absolute Gasteiger partial charge is 0.416 e. The predicted octanol–water partition coefficient (Wildman–Crippen LogP) is 8.09. The SMILES string of the molecule is C=CC1=C(C=C)CN(Cc2ccc(NC(=O)c3ccc(C)c(C#Cc4cncc5ccccc45)c3)cc2C(F)(F)F)CC1. The van der Waals surface area contributed by atoms with Gasteiger partial charge in [0.15, 0.2) is 0 Å². The summed E-state index contributed by atoms with van der Waals surface area (Å²) in [6, 6.07) is 16.8. The van der Waals surface area contributed by atoms with Gasteiger partial charge in [-0.15, -0.1) is 0 Å². The average Bonchev–Trinajstić information content (AvgIpc) is 3.00. The topological polar surface area (TPSA) is 45.2 Å². The van der Waals surface area contributed by atoms with Crippen LogP contribution in [0.2, 0.25) is 0 Å². The molecule has 1 aliphatic heterocycles. The summed E-state index contributed by atoms with van der Waals surface area (Å²) in [4.78, 5) is 19.3. The van der Waals surface area contributed by atoms with Crippen molar-refractivity contribution < 1.29 is 18.0 Å². The van der Waals surface area contributed by atoms with Gasteiger partial charge in [-0.05, 0) is 59.9 Å². The van der Waals surface area contributed by atoms with E-state index in [9.17, 15) is 18.0 Å². The van der Waals surface area contributed by atoms with E-state index >= 15 is 0 Å². The van der Waals surface area contributed by atoms with Crippen LogP contribution < -0.4 is 5.32 Å². The lowest BCUT2D eigenvalue weighted by Crippen LogP contribution is -2.31. The molecule has 1 aliphatic rings. The van der Waals surface area contributed by atoms with Crippen LogP contribution in [0.1, 0.15) is 44.6 Å². The summed E-state index contributed by atoms with van der Waals surface area (Å²) in [6.07, 6.45) is 3.09. The van der Waals surface area contributed by atoms with Crippen LogP contribution in [0.3, 0.4) is 0 Å². The monoisotopic (exact) mass is 577 g/mol. The summed E-state index contributed by atoms with van der Waals surface area (Å²) < 4.78 is 42.4. The van der Waals surface area contributed by atoms with Crippen molar-refractivity contribution in [2.75, 3.05) is 18.4 Å². The Balaban J connectivity index is 1.36. The van der Waals surface area contributed by atoms with Gasteiger partial charge >= 0.3 is 6.18 Å². The molecule has 43 heavy (non-hydrogen) atoms. The Bertz CT molecular complexity index is 1820. The number of carbonyl (C=O) groups is 1. The van der Waals surface area contributed by atoms with Crippen molar-refractivity contribution in [3.05, 3.63) is 143 Å². The zero-order valence-electron chi connectivity index (χ0n) is 23.8. The lowest BCUT2D eigenvalue weighted by atomic mass is 9.98. The molecule has 0 bridgehead atoms. The van der Waals surface area contributed by atoms with E-state index in [1.54, 1.807) is 42.7 Å². The highest BCUT2D eigenvalue weighted by atomic mass is 19.4. The summed E-state index contributed by atoms with van der Waals surface area (Å²) >= 11 is 0. The van der Waals surface area contributed by atoms with E-state index in [0.717, 1.165) is 39.1 Å². The van der Waals surface area contributed by atoms with E-state index in [4.69, 9.17) is 0 Å². The Labute approximate surface area is 249 Å². The fourth-order valence-corrected chi connectivity index (χ4v) is 5.17. The summed E-state index contributed by atoms with van der Waals surface area (Å²) in [5, 5.41) is 4.58. The number of rotatable bonds is 6. The van der Waals surface area contributed by atoms with Crippen LogP contribution in [0.5, 0.6) is 0 Å². The molecule has 2 heterocycles. The van der Waals surface area contributed by atoms with Crippen molar-refractivity contribution in [2.45, 2.75) is 26.1 Å². The molecule has 0 saturated carbocycles. The number of alkyl halides is 3. The van der Waals surface area contributed by atoms with Gasteiger partial charge in [-0.1, -0.05) is 73.5 Å². The van der Waals surface area contributed by atoms with Gasteiger partial charge in [0.1, 0.15) is 0 Å². The molecule has 1 aromatic heterocycles. The molecule has 7 heteroatoms. The first-order valence-corrected chi connectivity index (χ1v) is 13.8. The van der Waals surface area contributed by atoms with Crippen LogP contribution >= 0.6 is 0 Å². The molecule has 0 fully saturated rings. The van der Waals surface area contributed by atoms with Gasteiger partial charge in [0.05, 0.1) is 11.1 Å². The minimum Gasteiger partial charge on any atom is -0.322 e. The number of nitrogens with one attached hydrogen (secondary N) is 1. The van der Waals surface area contributed by atoms with Crippen LogP contribution in [0.15, 0.2) is 110 Å².